The van der Waals surface area contributed by atoms with Crippen LogP contribution < -0.4 is 5.32 Å². The SMILES string of the molecule is Cc1cc(C)n(-c2ccc(C(=O)N3C[C@@H]4CC(=O)N[C@@H]4C3)cc2)n1. The molecule has 2 aliphatic rings. The first-order valence-corrected chi connectivity index (χ1v) is 8.23. The van der Waals surface area contributed by atoms with Gasteiger partial charge < -0.3 is 10.2 Å². The fourth-order valence-corrected chi connectivity index (χ4v) is 3.73. The maximum Gasteiger partial charge on any atom is 0.253 e. The summed E-state index contributed by atoms with van der Waals surface area (Å²) < 4.78 is 1.87. The van der Waals surface area contributed by atoms with E-state index in [1.165, 1.54) is 0 Å². The van der Waals surface area contributed by atoms with Gasteiger partial charge in [-0.25, -0.2) is 4.68 Å². The number of rotatable bonds is 2. The molecule has 1 N–H and O–H groups in total. The highest BCUT2D eigenvalue weighted by molar-refractivity contribution is 5.95. The van der Waals surface area contributed by atoms with Crippen molar-refractivity contribution in [1.29, 1.82) is 0 Å². The van der Waals surface area contributed by atoms with Crippen LogP contribution in [0.4, 0.5) is 0 Å². The van der Waals surface area contributed by atoms with Crippen molar-refractivity contribution in [3.8, 4) is 5.69 Å². The van der Waals surface area contributed by atoms with Gasteiger partial charge in [0.25, 0.3) is 5.91 Å². The first-order chi connectivity index (χ1) is 11.5. The minimum absolute atomic E-state index is 0.0265. The molecule has 3 heterocycles. The van der Waals surface area contributed by atoms with E-state index in [1.54, 1.807) is 0 Å². The molecule has 0 unspecified atom stereocenters. The normalized spacial score (nSPS) is 22.6. The van der Waals surface area contributed by atoms with Crippen molar-refractivity contribution in [3.05, 3.63) is 47.3 Å². The zero-order valence-electron chi connectivity index (χ0n) is 13.8. The van der Waals surface area contributed by atoms with Crippen LogP contribution >= 0.6 is 0 Å². The fraction of sp³-hybridized carbons (Fsp3) is 0.389. The Balaban J connectivity index is 1.50. The molecule has 2 atom stereocenters. The first kappa shape index (κ1) is 14.9. The molecule has 2 amide bonds. The number of fused-ring (bicyclic) bond motifs is 1. The van der Waals surface area contributed by atoms with E-state index in [1.807, 2.05) is 53.8 Å². The second kappa shape index (κ2) is 5.47. The number of hydrogen-bond acceptors (Lipinski definition) is 3. The number of hydrogen-bond donors (Lipinski definition) is 1. The zero-order valence-corrected chi connectivity index (χ0v) is 13.8. The smallest absolute Gasteiger partial charge is 0.253 e. The molecule has 0 bridgehead atoms. The van der Waals surface area contributed by atoms with Crippen molar-refractivity contribution in [3.63, 3.8) is 0 Å². The van der Waals surface area contributed by atoms with Crippen molar-refractivity contribution in [2.75, 3.05) is 13.1 Å². The number of carbonyl (C=O) groups excluding carboxylic acids is 2. The van der Waals surface area contributed by atoms with E-state index in [0.717, 1.165) is 17.1 Å². The molecule has 1 aromatic heterocycles. The molecule has 2 saturated heterocycles. The second-order valence-corrected chi connectivity index (χ2v) is 6.73. The van der Waals surface area contributed by atoms with Gasteiger partial charge in [0.05, 0.1) is 17.4 Å². The van der Waals surface area contributed by atoms with Gasteiger partial charge in [-0.3, -0.25) is 9.59 Å². The Bertz CT molecular complexity index is 793. The van der Waals surface area contributed by atoms with Crippen molar-refractivity contribution >= 4 is 11.8 Å². The van der Waals surface area contributed by atoms with E-state index in [0.29, 0.717) is 25.1 Å². The summed E-state index contributed by atoms with van der Waals surface area (Å²) in [4.78, 5) is 25.9. The third-order valence-electron chi connectivity index (χ3n) is 4.89. The van der Waals surface area contributed by atoms with Crippen LogP contribution in [0, 0.1) is 19.8 Å². The average molecular weight is 324 g/mol. The molecule has 24 heavy (non-hydrogen) atoms. The van der Waals surface area contributed by atoms with Gasteiger partial charge in [0, 0.05) is 36.7 Å². The van der Waals surface area contributed by atoms with E-state index in [-0.39, 0.29) is 23.8 Å². The van der Waals surface area contributed by atoms with Crippen LogP contribution in [-0.2, 0) is 4.79 Å². The maximum atomic E-state index is 12.7. The summed E-state index contributed by atoms with van der Waals surface area (Å²) >= 11 is 0. The molecule has 6 heteroatoms. The monoisotopic (exact) mass is 324 g/mol. The van der Waals surface area contributed by atoms with Gasteiger partial charge in [0.1, 0.15) is 0 Å². The highest BCUT2D eigenvalue weighted by atomic mass is 16.2. The number of aryl methyl sites for hydroxylation is 2. The van der Waals surface area contributed by atoms with Crippen molar-refractivity contribution in [1.82, 2.24) is 20.0 Å². The fourth-order valence-electron chi connectivity index (χ4n) is 3.73. The highest BCUT2D eigenvalue weighted by Gasteiger charge is 2.41. The van der Waals surface area contributed by atoms with Gasteiger partial charge in [-0.15, -0.1) is 0 Å². The highest BCUT2D eigenvalue weighted by Crippen LogP contribution is 2.26. The molecule has 0 radical (unpaired) electrons. The molecular formula is C18H20N4O2. The number of carbonyl (C=O) groups is 2. The van der Waals surface area contributed by atoms with Crippen LogP contribution in [0.15, 0.2) is 30.3 Å². The predicted molar refractivity (Wildman–Crippen MR) is 89.0 cm³/mol. The minimum Gasteiger partial charge on any atom is -0.351 e. The van der Waals surface area contributed by atoms with Crippen molar-refractivity contribution in [2.45, 2.75) is 26.3 Å². The lowest BCUT2D eigenvalue weighted by atomic mass is 10.1. The molecule has 4 rings (SSSR count). The van der Waals surface area contributed by atoms with E-state index in [9.17, 15) is 9.59 Å². The summed E-state index contributed by atoms with van der Waals surface area (Å²) in [5.41, 5.74) is 3.65. The number of benzene rings is 1. The van der Waals surface area contributed by atoms with Crippen LogP contribution in [0.1, 0.15) is 28.2 Å². The molecule has 2 fully saturated rings. The van der Waals surface area contributed by atoms with Gasteiger partial charge in [0.2, 0.25) is 5.91 Å². The quantitative estimate of drug-likeness (QED) is 0.909. The lowest BCUT2D eigenvalue weighted by molar-refractivity contribution is -0.119. The van der Waals surface area contributed by atoms with E-state index < -0.39 is 0 Å². The summed E-state index contributed by atoms with van der Waals surface area (Å²) in [6.45, 7) is 5.23. The Kier molecular flexibility index (Phi) is 3.40. The number of likely N-dealkylation sites (tertiary alicyclic amines) is 1. The summed E-state index contributed by atoms with van der Waals surface area (Å²) in [5.74, 6) is 0.389. The molecule has 124 valence electrons. The van der Waals surface area contributed by atoms with Crippen molar-refractivity contribution in [2.24, 2.45) is 5.92 Å². The predicted octanol–water partition coefficient (Wildman–Crippen LogP) is 1.45. The Morgan fingerprint density at radius 1 is 1.21 bits per heavy atom. The van der Waals surface area contributed by atoms with E-state index >= 15 is 0 Å². The van der Waals surface area contributed by atoms with Gasteiger partial charge >= 0.3 is 0 Å². The molecule has 0 spiro atoms. The average Bonchev–Trinajstić information content (AvgIpc) is 3.19. The number of aromatic nitrogens is 2. The van der Waals surface area contributed by atoms with Gasteiger partial charge in [-0.05, 0) is 44.2 Å². The second-order valence-electron chi connectivity index (χ2n) is 6.73. The standard InChI is InChI=1S/C18H20N4O2/c1-11-7-12(2)22(20-11)15-5-3-13(4-6-15)18(24)21-9-14-8-17(23)19-16(14)10-21/h3-7,14,16H,8-10H2,1-2H3,(H,19,23)/t14-,16+/m0/s1. The molecule has 1 aromatic carbocycles. The molecule has 6 nitrogen and oxygen atoms in total. The zero-order chi connectivity index (χ0) is 16.8. The van der Waals surface area contributed by atoms with Crippen molar-refractivity contribution < 1.29 is 9.59 Å². The molecule has 0 saturated carbocycles. The molecule has 0 aliphatic carbocycles. The molecule has 2 aliphatic heterocycles. The van der Waals surface area contributed by atoms with Crippen LogP contribution in [0.5, 0.6) is 0 Å². The molecular weight excluding hydrogens is 304 g/mol. The number of nitrogens with one attached hydrogen (secondary N) is 1. The Hall–Kier alpha value is -2.63. The summed E-state index contributed by atoms with van der Waals surface area (Å²) in [6, 6.07) is 9.68. The van der Waals surface area contributed by atoms with Crippen LogP contribution in [0.3, 0.4) is 0 Å². The van der Waals surface area contributed by atoms with E-state index in [2.05, 4.69) is 10.4 Å². The Labute approximate surface area is 140 Å². The lowest BCUT2D eigenvalue weighted by Crippen LogP contribution is -2.35. The first-order valence-electron chi connectivity index (χ1n) is 8.23. The van der Waals surface area contributed by atoms with Crippen LogP contribution in [0.2, 0.25) is 0 Å². The topological polar surface area (TPSA) is 67.2 Å². The number of amides is 2. The lowest BCUT2D eigenvalue weighted by Gasteiger charge is -2.17. The summed E-state index contributed by atoms with van der Waals surface area (Å²) in [6.07, 6.45) is 0.533. The van der Waals surface area contributed by atoms with Crippen LogP contribution in [-0.4, -0.2) is 45.6 Å². The summed E-state index contributed by atoms with van der Waals surface area (Å²) in [7, 11) is 0. The van der Waals surface area contributed by atoms with Gasteiger partial charge in [0.15, 0.2) is 0 Å². The maximum absolute atomic E-state index is 12.7. The Morgan fingerprint density at radius 2 is 1.96 bits per heavy atom. The third-order valence-corrected chi connectivity index (χ3v) is 4.89. The minimum atomic E-state index is 0.0265. The largest absolute Gasteiger partial charge is 0.351 e. The third kappa shape index (κ3) is 2.48. The summed E-state index contributed by atoms with van der Waals surface area (Å²) in [5, 5.41) is 7.41. The van der Waals surface area contributed by atoms with Gasteiger partial charge in [-0.1, -0.05) is 0 Å². The van der Waals surface area contributed by atoms with E-state index in [4.69, 9.17) is 0 Å². The molecule has 2 aromatic rings. The number of nitrogens with zero attached hydrogens (tertiary/aromatic N) is 3. The van der Waals surface area contributed by atoms with Crippen LogP contribution in [0.25, 0.3) is 5.69 Å². The van der Waals surface area contributed by atoms with Gasteiger partial charge in [-0.2, -0.15) is 5.10 Å². The Morgan fingerprint density at radius 3 is 2.58 bits per heavy atom.